The molecule has 0 rings (SSSR count). The average Bonchev–Trinajstić information content (AvgIpc) is 2.12. The summed E-state index contributed by atoms with van der Waals surface area (Å²) in [6, 6.07) is 0. The highest BCUT2D eigenvalue weighted by Gasteiger charge is 2.18. The Bertz CT molecular complexity index is 288. The number of quaternary nitrogens is 1. The van der Waals surface area contributed by atoms with Crippen LogP contribution in [0, 0.1) is 0 Å². The Morgan fingerprint density at radius 3 is 1.56 bits per heavy atom. The van der Waals surface area contributed by atoms with Gasteiger partial charge in [0, 0.05) is 13.1 Å². The molecule has 7 nitrogen and oxygen atoms in total. The highest BCUT2D eigenvalue weighted by molar-refractivity contribution is 7.86. The summed E-state index contributed by atoms with van der Waals surface area (Å²) in [6.45, 7) is 0.847. The van der Waals surface area contributed by atoms with Crippen molar-refractivity contribution in [2.45, 2.75) is 12.3 Å². The minimum Gasteiger partial charge on any atom is -0.747 e. The molecule has 112 valence electrons. The molecule has 0 bridgehead atoms. The third-order valence-electron chi connectivity index (χ3n) is 1.71. The first kappa shape index (κ1) is 20.1. The van der Waals surface area contributed by atoms with Crippen LogP contribution in [0.25, 0.3) is 0 Å². The summed E-state index contributed by atoms with van der Waals surface area (Å²) in [5.41, 5.74) is 0. The summed E-state index contributed by atoms with van der Waals surface area (Å²) in [5, 5.41) is 15.9. The highest BCUT2D eigenvalue weighted by Crippen LogP contribution is 2.04. The molecule has 0 aliphatic rings. The van der Waals surface area contributed by atoms with Gasteiger partial charge in [0.25, 0.3) is 0 Å². The van der Waals surface area contributed by atoms with Gasteiger partial charge in [-0.15, -0.1) is 0 Å². The first-order chi connectivity index (χ1) is 7.93. The van der Waals surface area contributed by atoms with Crippen LogP contribution >= 0.6 is 0 Å². The van der Waals surface area contributed by atoms with Gasteiger partial charge in [0.15, 0.2) is 0 Å². The molecule has 2 N–H and O–H groups in total. The van der Waals surface area contributed by atoms with E-state index in [1.54, 1.807) is 0 Å². The van der Waals surface area contributed by atoms with E-state index in [9.17, 15) is 13.0 Å². The van der Waals surface area contributed by atoms with Crippen molar-refractivity contribution in [3.63, 3.8) is 0 Å². The lowest BCUT2D eigenvalue weighted by molar-refractivity contribution is -0.849. The van der Waals surface area contributed by atoms with Crippen LogP contribution in [0.1, 0.15) is 6.92 Å². The zero-order valence-corrected chi connectivity index (χ0v) is 12.6. The molecule has 1 unspecified atom stereocenters. The predicted molar refractivity (Wildman–Crippen MR) is 68.9 cm³/mol. The lowest BCUT2D eigenvalue weighted by Crippen LogP contribution is -2.42. The van der Waals surface area contributed by atoms with Gasteiger partial charge in [0.05, 0.1) is 46.8 Å². The third kappa shape index (κ3) is 13.8. The maximum Gasteiger partial charge on any atom is 0.111 e. The number of nitrogens with zero attached hydrogens (tertiary/aromatic N) is 2. The minimum absolute atomic E-state index is 0.0587. The van der Waals surface area contributed by atoms with Crippen molar-refractivity contribution >= 4 is 10.1 Å². The molecule has 18 heavy (non-hydrogen) atoms. The van der Waals surface area contributed by atoms with Crippen LogP contribution in [0.15, 0.2) is 0 Å². The minimum atomic E-state index is -4.39. The molecule has 0 aromatic heterocycles. The Kier molecular flexibility index (Phi) is 9.80. The third-order valence-corrected chi connectivity index (χ3v) is 2.84. The molecule has 0 spiro atoms. The van der Waals surface area contributed by atoms with Crippen LogP contribution in [0.3, 0.4) is 0 Å². The van der Waals surface area contributed by atoms with Crippen molar-refractivity contribution in [2.24, 2.45) is 0 Å². The van der Waals surface area contributed by atoms with Crippen LogP contribution in [-0.4, -0.2) is 92.4 Å². The smallest absolute Gasteiger partial charge is 0.111 e. The SMILES string of the molecule is CC(N(CCO)CCO)S(=O)(=O)[O-].C[N+](C)(C)C. The van der Waals surface area contributed by atoms with E-state index in [0.717, 1.165) is 4.48 Å². The number of rotatable bonds is 6. The zero-order valence-electron chi connectivity index (χ0n) is 11.8. The molecule has 0 aromatic rings. The molecule has 0 radical (unpaired) electrons. The number of hydrogen-bond acceptors (Lipinski definition) is 6. The van der Waals surface area contributed by atoms with Gasteiger partial charge in [-0.2, -0.15) is 0 Å². The summed E-state index contributed by atoms with van der Waals surface area (Å²) >= 11 is 0. The standard InChI is InChI=1S/C6H15NO5S.C4H12N/c1-6(13(10,11)12)7(2-4-8)3-5-9;1-5(2,3)4/h6,8-9H,2-5H2,1H3,(H,10,11,12);1-4H3/q;+1/p-1. The second kappa shape index (κ2) is 8.78. The molecule has 0 fully saturated rings. The normalized spacial score (nSPS) is 14.1. The summed E-state index contributed by atoms with van der Waals surface area (Å²) in [6.07, 6.45) is 0. The maximum absolute atomic E-state index is 10.6. The highest BCUT2D eigenvalue weighted by atomic mass is 32.2. The van der Waals surface area contributed by atoms with Crippen LogP contribution in [-0.2, 0) is 10.1 Å². The molecule has 0 saturated carbocycles. The van der Waals surface area contributed by atoms with Gasteiger partial charge < -0.3 is 19.2 Å². The van der Waals surface area contributed by atoms with Crippen molar-refractivity contribution in [1.29, 1.82) is 0 Å². The second-order valence-electron chi connectivity index (χ2n) is 5.26. The fourth-order valence-electron chi connectivity index (χ4n) is 0.915. The van der Waals surface area contributed by atoms with Gasteiger partial charge in [-0.1, -0.05) is 0 Å². The number of aliphatic hydroxyl groups is 2. The summed E-state index contributed by atoms with van der Waals surface area (Å²) in [4.78, 5) is 1.21. The van der Waals surface area contributed by atoms with Gasteiger partial charge in [0.2, 0.25) is 0 Å². The summed E-state index contributed by atoms with van der Waals surface area (Å²) in [5.74, 6) is 0. The van der Waals surface area contributed by atoms with E-state index in [-0.39, 0.29) is 26.3 Å². The molecule has 0 heterocycles. The molecule has 0 saturated heterocycles. The van der Waals surface area contributed by atoms with Gasteiger partial charge in [-0.3, -0.25) is 4.90 Å². The van der Waals surface area contributed by atoms with Crippen molar-refractivity contribution in [2.75, 3.05) is 54.5 Å². The summed E-state index contributed by atoms with van der Waals surface area (Å²) < 4.78 is 32.7. The number of aliphatic hydroxyl groups excluding tert-OH is 2. The Labute approximate surface area is 110 Å². The largest absolute Gasteiger partial charge is 0.747 e. The van der Waals surface area contributed by atoms with Crippen LogP contribution < -0.4 is 0 Å². The molecular formula is C10H26N2O5S. The van der Waals surface area contributed by atoms with Crippen LogP contribution in [0.2, 0.25) is 0 Å². The Balaban J connectivity index is 0. The van der Waals surface area contributed by atoms with E-state index in [1.807, 2.05) is 0 Å². The quantitative estimate of drug-likeness (QED) is 0.454. The lowest BCUT2D eigenvalue weighted by atomic mass is 10.5. The van der Waals surface area contributed by atoms with Crippen molar-refractivity contribution in [3.8, 4) is 0 Å². The molecule has 0 aliphatic heterocycles. The second-order valence-corrected chi connectivity index (χ2v) is 6.93. The zero-order chi connectivity index (χ0) is 15.0. The molecule has 8 heteroatoms. The Morgan fingerprint density at radius 2 is 1.39 bits per heavy atom. The van der Waals surface area contributed by atoms with E-state index < -0.39 is 15.5 Å². The van der Waals surface area contributed by atoms with Crippen molar-refractivity contribution < 1.29 is 27.7 Å². The first-order valence-electron chi connectivity index (χ1n) is 5.63. The van der Waals surface area contributed by atoms with E-state index in [2.05, 4.69) is 28.2 Å². The summed E-state index contributed by atoms with van der Waals surface area (Å²) in [7, 11) is 4.11. The fourth-order valence-corrected chi connectivity index (χ4v) is 1.49. The fraction of sp³-hybridized carbons (Fsp3) is 1.00. The van der Waals surface area contributed by atoms with E-state index >= 15 is 0 Å². The predicted octanol–water partition coefficient (Wildman–Crippen LogP) is -1.51. The molecular weight excluding hydrogens is 260 g/mol. The van der Waals surface area contributed by atoms with E-state index in [0.29, 0.717) is 0 Å². The Hall–Kier alpha value is -0.250. The first-order valence-corrected chi connectivity index (χ1v) is 7.10. The van der Waals surface area contributed by atoms with E-state index in [1.165, 1.54) is 11.8 Å². The molecule has 1 atom stereocenters. The van der Waals surface area contributed by atoms with Crippen molar-refractivity contribution in [3.05, 3.63) is 0 Å². The van der Waals surface area contributed by atoms with Crippen LogP contribution in [0.5, 0.6) is 0 Å². The number of hydrogen-bond donors (Lipinski definition) is 2. The van der Waals surface area contributed by atoms with Crippen molar-refractivity contribution in [1.82, 2.24) is 4.90 Å². The van der Waals surface area contributed by atoms with Gasteiger partial charge >= 0.3 is 0 Å². The van der Waals surface area contributed by atoms with E-state index in [4.69, 9.17) is 10.2 Å². The molecule has 0 amide bonds. The average molecular weight is 286 g/mol. The maximum atomic E-state index is 10.6. The molecule has 0 aromatic carbocycles. The van der Waals surface area contributed by atoms with Gasteiger partial charge in [-0.05, 0) is 6.92 Å². The van der Waals surface area contributed by atoms with Gasteiger partial charge in [-0.25, -0.2) is 8.42 Å². The molecule has 0 aliphatic carbocycles. The lowest BCUT2D eigenvalue weighted by Gasteiger charge is -2.29. The van der Waals surface area contributed by atoms with Crippen LogP contribution in [0.4, 0.5) is 0 Å². The monoisotopic (exact) mass is 286 g/mol. The Morgan fingerprint density at radius 1 is 1.11 bits per heavy atom. The topological polar surface area (TPSA) is 101 Å². The van der Waals surface area contributed by atoms with Gasteiger partial charge in [0.1, 0.15) is 10.1 Å².